The summed E-state index contributed by atoms with van der Waals surface area (Å²) < 4.78 is 44.9. The van der Waals surface area contributed by atoms with Crippen molar-refractivity contribution in [3.05, 3.63) is 46.3 Å². The maximum absolute atomic E-state index is 13.3. The molecular weight excluding hydrogens is 485 g/mol. The monoisotopic (exact) mass is 504 g/mol. The number of carboxylic acid groups (broad SMARTS) is 1. The van der Waals surface area contributed by atoms with E-state index in [0.29, 0.717) is 5.56 Å². The molecule has 0 saturated carbocycles. The lowest BCUT2D eigenvalue weighted by atomic mass is 9.79. The van der Waals surface area contributed by atoms with Gasteiger partial charge in [-0.1, -0.05) is 18.2 Å². The first kappa shape index (κ1) is 24.8. The van der Waals surface area contributed by atoms with Gasteiger partial charge in [-0.15, -0.1) is 11.3 Å². The average molecular weight is 505 g/mol. The van der Waals surface area contributed by atoms with Gasteiger partial charge in [0.15, 0.2) is 11.2 Å². The van der Waals surface area contributed by atoms with Crippen LogP contribution in [0.15, 0.2) is 35.7 Å². The van der Waals surface area contributed by atoms with Crippen LogP contribution in [0.4, 0.5) is 23.8 Å². The Morgan fingerprint density at radius 1 is 1.30 bits per heavy atom. The molecule has 14 heteroatoms. The fourth-order valence-electron chi connectivity index (χ4n) is 3.41. The van der Waals surface area contributed by atoms with Crippen molar-refractivity contribution in [2.45, 2.75) is 24.2 Å². The van der Waals surface area contributed by atoms with E-state index >= 15 is 0 Å². The van der Waals surface area contributed by atoms with Gasteiger partial charge in [0.2, 0.25) is 0 Å². The minimum Gasteiger partial charge on any atom is -0.465 e. The fourth-order valence-corrected chi connectivity index (χ4v) is 4.66. The first-order chi connectivity index (χ1) is 15.5. The zero-order chi connectivity index (χ0) is 24.2. The van der Waals surface area contributed by atoms with Gasteiger partial charge < -0.3 is 20.3 Å². The summed E-state index contributed by atoms with van der Waals surface area (Å²) in [4.78, 5) is 27.5. The Kier molecular flexibility index (Phi) is 7.51. The average Bonchev–Trinajstić information content (AvgIpc) is 3.22. The number of nitrogens with one attached hydrogen (secondary N) is 3. The van der Waals surface area contributed by atoms with Gasteiger partial charge in [0, 0.05) is 23.5 Å². The van der Waals surface area contributed by atoms with Crippen LogP contribution in [-0.4, -0.2) is 57.8 Å². The molecule has 1 aromatic carbocycles. The van der Waals surface area contributed by atoms with E-state index in [0.717, 1.165) is 11.3 Å². The first-order valence-electron chi connectivity index (χ1n) is 9.49. The number of anilines is 1. The molecule has 9 nitrogen and oxygen atoms in total. The molecule has 2 aromatic rings. The number of aliphatic hydroxyl groups is 1. The normalized spacial score (nSPS) is 22.9. The van der Waals surface area contributed by atoms with Gasteiger partial charge in [0.05, 0.1) is 6.61 Å². The van der Waals surface area contributed by atoms with Gasteiger partial charge in [-0.3, -0.25) is 15.4 Å². The standard InChI is InChI=1S/C19H19F3N4O5S2/c20-19(21,22)12-6-11(7-27)18(9-31-12,15-23-13(8-33-15)24-17(29)30)26-16(32)25-14(28)10-4-2-1-3-5-10/h1-5,8,11-12,24,27H,6-7,9H2,(H,29,30)(H2,25,26,28,32). The second kappa shape index (κ2) is 9.99. The van der Waals surface area contributed by atoms with Crippen LogP contribution in [0.25, 0.3) is 0 Å². The number of carbonyl (C=O) groups is 2. The van der Waals surface area contributed by atoms with Crippen LogP contribution < -0.4 is 16.0 Å². The number of carbonyl (C=O) groups excluding carboxylic acids is 1. The number of aromatic nitrogens is 1. The quantitative estimate of drug-likeness (QED) is 0.393. The number of hydrogen-bond donors (Lipinski definition) is 5. The molecule has 3 atom stereocenters. The molecule has 1 aliphatic rings. The second-order valence-electron chi connectivity index (χ2n) is 7.17. The molecule has 1 saturated heterocycles. The van der Waals surface area contributed by atoms with Crippen molar-refractivity contribution in [3.8, 4) is 0 Å². The van der Waals surface area contributed by atoms with Gasteiger partial charge in [0.1, 0.15) is 16.4 Å². The van der Waals surface area contributed by atoms with Crippen molar-refractivity contribution in [2.24, 2.45) is 5.92 Å². The molecule has 5 N–H and O–H groups in total. The third kappa shape index (κ3) is 5.76. The summed E-state index contributed by atoms with van der Waals surface area (Å²) in [6, 6.07) is 8.11. The Balaban J connectivity index is 1.90. The van der Waals surface area contributed by atoms with Crippen LogP contribution in [0.5, 0.6) is 0 Å². The third-order valence-electron chi connectivity index (χ3n) is 5.01. The van der Waals surface area contributed by atoms with Crippen LogP contribution in [-0.2, 0) is 10.3 Å². The highest BCUT2D eigenvalue weighted by atomic mass is 32.1. The summed E-state index contributed by atoms with van der Waals surface area (Å²) in [6.45, 7) is -1.27. The highest BCUT2D eigenvalue weighted by Crippen LogP contribution is 2.43. The number of benzene rings is 1. The number of thiazole rings is 1. The van der Waals surface area contributed by atoms with Crippen LogP contribution in [0.3, 0.4) is 0 Å². The van der Waals surface area contributed by atoms with E-state index in [2.05, 4.69) is 20.9 Å². The first-order valence-corrected chi connectivity index (χ1v) is 10.8. The smallest absolute Gasteiger partial charge is 0.414 e. The van der Waals surface area contributed by atoms with Crippen LogP contribution in [0.1, 0.15) is 21.8 Å². The Morgan fingerprint density at radius 3 is 2.61 bits per heavy atom. The van der Waals surface area contributed by atoms with E-state index < -0.39 is 55.4 Å². The number of halogens is 3. The minimum absolute atomic E-state index is 0.0578. The summed E-state index contributed by atoms with van der Waals surface area (Å²) in [6.07, 6.45) is -8.76. The summed E-state index contributed by atoms with van der Waals surface area (Å²) >= 11 is 6.17. The lowest BCUT2D eigenvalue weighted by molar-refractivity contribution is -0.249. The van der Waals surface area contributed by atoms with Crippen molar-refractivity contribution in [1.82, 2.24) is 15.6 Å². The van der Waals surface area contributed by atoms with Crippen LogP contribution in [0, 0.1) is 5.92 Å². The maximum atomic E-state index is 13.3. The zero-order valence-corrected chi connectivity index (χ0v) is 18.4. The van der Waals surface area contributed by atoms with E-state index in [1.807, 2.05) is 0 Å². The molecule has 0 bridgehead atoms. The van der Waals surface area contributed by atoms with E-state index in [4.69, 9.17) is 22.1 Å². The highest BCUT2D eigenvalue weighted by molar-refractivity contribution is 7.80. The number of hydrogen-bond acceptors (Lipinski definition) is 7. The topological polar surface area (TPSA) is 133 Å². The number of aliphatic hydroxyl groups excluding tert-OH is 1. The number of nitrogens with zero attached hydrogens (tertiary/aromatic N) is 1. The van der Waals surface area contributed by atoms with Gasteiger partial charge in [-0.2, -0.15) is 13.2 Å². The SMILES string of the molecule is O=C(O)Nc1csc(C2(NC(=S)NC(=O)c3ccccc3)COC(C(F)(F)F)CC2CO)n1. The lowest BCUT2D eigenvalue weighted by Crippen LogP contribution is -2.62. The predicted octanol–water partition coefficient (Wildman–Crippen LogP) is 2.69. The molecular formula is C19H19F3N4O5S2. The molecule has 2 amide bonds. The fraction of sp³-hybridized carbons (Fsp3) is 0.368. The lowest BCUT2D eigenvalue weighted by Gasteiger charge is -2.45. The maximum Gasteiger partial charge on any atom is 0.414 e. The molecule has 1 aliphatic heterocycles. The largest absolute Gasteiger partial charge is 0.465 e. The zero-order valence-electron chi connectivity index (χ0n) is 16.8. The molecule has 1 aromatic heterocycles. The Labute approximate surface area is 195 Å². The molecule has 0 spiro atoms. The molecule has 33 heavy (non-hydrogen) atoms. The van der Waals surface area contributed by atoms with Gasteiger partial charge in [0.25, 0.3) is 5.91 Å². The molecule has 2 heterocycles. The molecule has 0 radical (unpaired) electrons. The summed E-state index contributed by atoms with van der Waals surface area (Å²) in [5, 5.41) is 27.4. The molecule has 3 unspecified atom stereocenters. The second-order valence-corrected chi connectivity index (χ2v) is 8.44. The Bertz CT molecular complexity index is 1020. The van der Waals surface area contributed by atoms with Crippen molar-refractivity contribution in [1.29, 1.82) is 0 Å². The van der Waals surface area contributed by atoms with Crippen molar-refractivity contribution >= 4 is 46.5 Å². The Hall–Kier alpha value is -2.81. The van der Waals surface area contributed by atoms with E-state index in [1.54, 1.807) is 30.3 Å². The predicted molar refractivity (Wildman–Crippen MR) is 116 cm³/mol. The number of thiocarbonyl (C=S) groups is 1. The third-order valence-corrected chi connectivity index (χ3v) is 6.24. The van der Waals surface area contributed by atoms with Gasteiger partial charge in [-0.05, 0) is 30.8 Å². The highest BCUT2D eigenvalue weighted by Gasteiger charge is 2.54. The number of rotatable bonds is 5. The van der Waals surface area contributed by atoms with Gasteiger partial charge >= 0.3 is 12.3 Å². The van der Waals surface area contributed by atoms with E-state index in [-0.39, 0.29) is 15.9 Å². The number of amides is 2. The van der Waals surface area contributed by atoms with Crippen molar-refractivity contribution in [3.63, 3.8) is 0 Å². The molecule has 0 aliphatic carbocycles. The number of alkyl halides is 3. The van der Waals surface area contributed by atoms with Crippen LogP contribution >= 0.6 is 23.6 Å². The van der Waals surface area contributed by atoms with E-state index in [9.17, 15) is 27.9 Å². The summed E-state index contributed by atoms with van der Waals surface area (Å²) in [7, 11) is 0. The Morgan fingerprint density at radius 2 is 2.00 bits per heavy atom. The van der Waals surface area contributed by atoms with E-state index in [1.165, 1.54) is 5.38 Å². The number of ether oxygens (including phenoxy) is 1. The summed E-state index contributed by atoms with van der Waals surface area (Å²) in [5.41, 5.74) is -1.26. The molecule has 178 valence electrons. The molecule has 1 fully saturated rings. The minimum atomic E-state index is -4.65. The van der Waals surface area contributed by atoms with Crippen molar-refractivity contribution in [2.75, 3.05) is 18.5 Å². The molecule has 3 rings (SSSR count). The van der Waals surface area contributed by atoms with Crippen molar-refractivity contribution < 1.29 is 37.7 Å². The summed E-state index contributed by atoms with van der Waals surface area (Å²) in [5.74, 6) is -1.69. The van der Waals surface area contributed by atoms with Crippen LogP contribution in [0.2, 0.25) is 0 Å². The van der Waals surface area contributed by atoms with Gasteiger partial charge in [-0.25, -0.2) is 9.78 Å².